The summed E-state index contributed by atoms with van der Waals surface area (Å²) in [5.74, 6) is 0.670. The van der Waals surface area contributed by atoms with E-state index in [1.165, 1.54) is 19.8 Å². The van der Waals surface area contributed by atoms with Gasteiger partial charge in [0.25, 0.3) is 0 Å². The Morgan fingerprint density at radius 2 is 1.88 bits per heavy atom. The molecule has 3 amide bonds. The van der Waals surface area contributed by atoms with Crippen molar-refractivity contribution >= 4 is 17.6 Å². The number of anilines is 1. The molecule has 0 bridgehead atoms. The van der Waals surface area contributed by atoms with Crippen LogP contribution in [0.15, 0.2) is 24.3 Å². The first-order chi connectivity index (χ1) is 11.4. The van der Waals surface area contributed by atoms with Gasteiger partial charge in [-0.05, 0) is 56.2 Å². The molecule has 1 aliphatic carbocycles. The van der Waals surface area contributed by atoms with Crippen molar-refractivity contribution in [2.24, 2.45) is 5.92 Å². The van der Waals surface area contributed by atoms with Crippen molar-refractivity contribution in [1.82, 2.24) is 10.2 Å². The van der Waals surface area contributed by atoms with Gasteiger partial charge >= 0.3 is 6.03 Å². The lowest BCUT2D eigenvalue weighted by Crippen LogP contribution is -2.45. The van der Waals surface area contributed by atoms with Crippen LogP contribution in [0.3, 0.4) is 0 Å². The number of nitrogens with one attached hydrogen (secondary N) is 2. The largest absolute Gasteiger partial charge is 0.331 e. The first kappa shape index (κ1) is 18.3. The van der Waals surface area contributed by atoms with E-state index in [2.05, 4.69) is 17.6 Å². The van der Waals surface area contributed by atoms with Gasteiger partial charge in [0.2, 0.25) is 5.91 Å². The minimum atomic E-state index is -0.115. The molecule has 0 radical (unpaired) electrons. The summed E-state index contributed by atoms with van der Waals surface area (Å²) in [6.45, 7) is 5.72. The van der Waals surface area contributed by atoms with Crippen molar-refractivity contribution in [2.45, 2.75) is 58.5 Å². The number of hydrogen-bond donors (Lipinski definition) is 2. The SMILES string of the molecule is CC(=O)Nc1cccc([C@@H](C)NC(=O)N(C)C2CCC(C)CC2)c1. The predicted octanol–water partition coefficient (Wildman–Crippen LogP) is 3.93. The third kappa shape index (κ3) is 4.98. The molecular formula is C19H29N3O2. The zero-order valence-electron chi connectivity index (χ0n) is 15.1. The average molecular weight is 331 g/mol. The fourth-order valence-electron chi connectivity index (χ4n) is 3.25. The third-order valence-electron chi connectivity index (χ3n) is 4.90. The van der Waals surface area contributed by atoms with Gasteiger partial charge in [-0.25, -0.2) is 4.79 Å². The number of hydrogen-bond acceptors (Lipinski definition) is 2. The first-order valence-corrected chi connectivity index (χ1v) is 8.77. The Balaban J connectivity index is 1.94. The van der Waals surface area contributed by atoms with Gasteiger partial charge in [-0.15, -0.1) is 0 Å². The minimum Gasteiger partial charge on any atom is -0.331 e. The highest BCUT2D eigenvalue weighted by Gasteiger charge is 2.25. The van der Waals surface area contributed by atoms with Crippen molar-refractivity contribution < 1.29 is 9.59 Å². The maximum Gasteiger partial charge on any atom is 0.317 e. The molecular weight excluding hydrogens is 302 g/mol. The molecule has 0 aromatic heterocycles. The zero-order valence-corrected chi connectivity index (χ0v) is 15.1. The third-order valence-corrected chi connectivity index (χ3v) is 4.90. The number of benzene rings is 1. The van der Waals surface area contributed by atoms with Gasteiger partial charge in [0.15, 0.2) is 0 Å². The molecule has 1 saturated carbocycles. The minimum absolute atomic E-state index is 0.0352. The van der Waals surface area contributed by atoms with Crippen LogP contribution in [0.2, 0.25) is 0 Å². The van der Waals surface area contributed by atoms with Crippen molar-refractivity contribution in [2.75, 3.05) is 12.4 Å². The number of rotatable bonds is 4. The molecule has 0 heterocycles. The Bertz CT molecular complexity index is 580. The van der Waals surface area contributed by atoms with E-state index in [-0.39, 0.29) is 18.0 Å². The molecule has 1 aromatic rings. The number of nitrogens with zero attached hydrogens (tertiary/aromatic N) is 1. The van der Waals surface area contributed by atoms with E-state index >= 15 is 0 Å². The highest BCUT2D eigenvalue weighted by atomic mass is 16.2. The van der Waals surface area contributed by atoms with Gasteiger partial charge in [-0.3, -0.25) is 4.79 Å². The molecule has 0 aliphatic heterocycles. The zero-order chi connectivity index (χ0) is 17.7. The molecule has 0 unspecified atom stereocenters. The monoisotopic (exact) mass is 331 g/mol. The van der Waals surface area contributed by atoms with Crippen LogP contribution >= 0.6 is 0 Å². The number of urea groups is 1. The molecule has 5 heteroatoms. The summed E-state index contributed by atoms with van der Waals surface area (Å²) in [6.07, 6.45) is 4.54. The number of carbonyl (C=O) groups is 2. The standard InChI is InChI=1S/C19H29N3O2/c1-13-8-10-18(11-9-13)22(4)19(24)20-14(2)16-6-5-7-17(12-16)21-15(3)23/h5-7,12-14,18H,8-11H2,1-4H3,(H,20,24)(H,21,23)/t13?,14-,18?/m1/s1. The van der Waals surface area contributed by atoms with Crippen molar-refractivity contribution in [3.8, 4) is 0 Å². The van der Waals surface area contributed by atoms with E-state index < -0.39 is 0 Å². The average Bonchev–Trinajstić information content (AvgIpc) is 2.54. The van der Waals surface area contributed by atoms with Gasteiger partial charge in [-0.2, -0.15) is 0 Å². The van der Waals surface area contributed by atoms with Crippen molar-refractivity contribution in [3.05, 3.63) is 29.8 Å². The second-order valence-corrected chi connectivity index (χ2v) is 7.00. The van der Waals surface area contributed by atoms with Crippen molar-refractivity contribution in [3.63, 3.8) is 0 Å². The van der Waals surface area contributed by atoms with E-state index in [1.807, 2.05) is 43.1 Å². The summed E-state index contributed by atoms with van der Waals surface area (Å²) < 4.78 is 0. The molecule has 1 aromatic carbocycles. The van der Waals surface area contributed by atoms with Crippen LogP contribution in [-0.2, 0) is 4.79 Å². The second-order valence-electron chi connectivity index (χ2n) is 7.00. The van der Waals surface area contributed by atoms with Crippen LogP contribution in [0, 0.1) is 5.92 Å². The van der Waals surface area contributed by atoms with Crippen LogP contribution in [0.25, 0.3) is 0 Å². The Kier molecular flexibility index (Phi) is 6.23. The van der Waals surface area contributed by atoms with Gasteiger partial charge in [0.05, 0.1) is 6.04 Å². The molecule has 2 N–H and O–H groups in total. The van der Waals surface area contributed by atoms with Crippen LogP contribution in [0.4, 0.5) is 10.5 Å². The number of carbonyl (C=O) groups excluding carboxylic acids is 2. The van der Waals surface area contributed by atoms with Gasteiger partial charge < -0.3 is 15.5 Å². The fourth-order valence-corrected chi connectivity index (χ4v) is 3.25. The number of amides is 3. The predicted molar refractivity (Wildman–Crippen MR) is 96.9 cm³/mol. The highest BCUT2D eigenvalue weighted by molar-refractivity contribution is 5.88. The maximum atomic E-state index is 12.5. The molecule has 1 atom stereocenters. The molecule has 0 spiro atoms. The highest BCUT2D eigenvalue weighted by Crippen LogP contribution is 2.26. The van der Waals surface area contributed by atoms with E-state index in [0.29, 0.717) is 6.04 Å². The Morgan fingerprint density at radius 3 is 2.50 bits per heavy atom. The smallest absolute Gasteiger partial charge is 0.317 e. The molecule has 1 aliphatic rings. The van der Waals surface area contributed by atoms with Gasteiger partial charge in [0, 0.05) is 25.7 Å². The summed E-state index contributed by atoms with van der Waals surface area (Å²) in [6, 6.07) is 7.76. The molecule has 1 fully saturated rings. The maximum absolute atomic E-state index is 12.5. The van der Waals surface area contributed by atoms with Crippen LogP contribution in [0.1, 0.15) is 58.1 Å². The summed E-state index contributed by atoms with van der Waals surface area (Å²) >= 11 is 0. The summed E-state index contributed by atoms with van der Waals surface area (Å²) in [7, 11) is 1.89. The van der Waals surface area contributed by atoms with E-state index in [9.17, 15) is 9.59 Å². The Hall–Kier alpha value is -2.04. The van der Waals surface area contributed by atoms with Gasteiger partial charge in [-0.1, -0.05) is 19.1 Å². The van der Waals surface area contributed by atoms with E-state index in [4.69, 9.17) is 0 Å². The van der Waals surface area contributed by atoms with Gasteiger partial charge in [0.1, 0.15) is 0 Å². The normalized spacial score (nSPS) is 21.7. The first-order valence-electron chi connectivity index (χ1n) is 8.77. The molecule has 0 saturated heterocycles. The van der Waals surface area contributed by atoms with Crippen LogP contribution in [0.5, 0.6) is 0 Å². The van der Waals surface area contributed by atoms with E-state index in [1.54, 1.807) is 0 Å². The van der Waals surface area contributed by atoms with Crippen LogP contribution in [-0.4, -0.2) is 29.9 Å². The topological polar surface area (TPSA) is 61.4 Å². The van der Waals surface area contributed by atoms with E-state index in [0.717, 1.165) is 30.0 Å². The summed E-state index contributed by atoms with van der Waals surface area (Å²) in [5, 5.41) is 5.83. The summed E-state index contributed by atoms with van der Waals surface area (Å²) in [4.78, 5) is 25.5. The lowest BCUT2D eigenvalue weighted by Gasteiger charge is -2.34. The van der Waals surface area contributed by atoms with Crippen LogP contribution < -0.4 is 10.6 Å². The molecule has 5 nitrogen and oxygen atoms in total. The fraction of sp³-hybridized carbons (Fsp3) is 0.579. The van der Waals surface area contributed by atoms with Crippen molar-refractivity contribution in [1.29, 1.82) is 0 Å². The second kappa shape index (κ2) is 8.18. The molecule has 132 valence electrons. The lowest BCUT2D eigenvalue weighted by atomic mass is 9.87. The lowest BCUT2D eigenvalue weighted by molar-refractivity contribution is -0.114. The quantitative estimate of drug-likeness (QED) is 0.878. The Morgan fingerprint density at radius 1 is 1.21 bits per heavy atom. The molecule has 24 heavy (non-hydrogen) atoms. The summed E-state index contributed by atoms with van der Waals surface area (Å²) in [5.41, 5.74) is 1.72. The Labute approximate surface area is 144 Å². The molecule has 2 rings (SSSR count).